The standard InChI is InChI=1S/C17H23N5O/c1-23-12-15-10-21(8-14-3-2-6-18-7-14)11-16-17(15)22(20-19-16)9-13-4-5-13/h2-3,6-7,13,15H,4-5,8-12H2,1H3/t15-/m0/s1. The van der Waals surface area contributed by atoms with E-state index in [1.54, 1.807) is 7.11 Å². The first kappa shape index (κ1) is 14.8. The van der Waals surface area contributed by atoms with Crippen LogP contribution in [0.15, 0.2) is 24.5 Å². The molecule has 0 N–H and O–H groups in total. The Hall–Kier alpha value is -1.79. The van der Waals surface area contributed by atoms with Gasteiger partial charge in [0.15, 0.2) is 0 Å². The third kappa shape index (κ3) is 3.28. The molecule has 3 heterocycles. The number of hydrogen-bond donors (Lipinski definition) is 0. The molecule has 0 aromatic carbocycles. The van der Waals surface area contributed by atoms with Crippen molar-refractivity contribution >= 4 is 0 Å². The maximum Gasteiger partial charge on any atom is 0.100 e. The van der Waals surface area contributed by atoms with E-state index in [0.717, 1.165) is 37.8 Å². The van der Waals surface area contributed by atoms with E-state index in [2.05, 4.69) is 30.9 Å². The molecule has 6 nitrogen and oxygen atoms in total. The van der Waals surface area contributed by atoms with Gasteiger partial charge in [-0.25, -0.2) is 4.68 Å². The van der Waals surface area contributed by atoms with Gasteiger partial charge >= 0.3 is 0 Å². The molecule has 23 heavy (non-hydrogen) atoms. The van der Waals surface area contributed by atoms with Crippen LogP contribution in [-0.2, 0) is 24.4 Å². The molecular weight excluding hydrogens is 290 g/mol. The number of methoxy groups -OCH3 is 1. The molecular formula is C17H23N5O. The summed E-state index contributed by atoms with van der Waals surface area (Å²) in [4.78, 5) is 6.63. The van der Waals surface area contributed by atoms with Crippen LogP contribution in [0.1, 0.15) is 35.7 Å². The third-order valence-corrected chi connectivity index (χ3v) is 4.71. The van der Waals surface area contributed by atoms with E-state index >= 15 is 0 Å². The van der Waals surface area contributed by atoms with E-state index in [0.29, 0.717) is 12.5 Å². The summed E-state index contributed by atoms with van der Waals surface area (Å²) in [5.41, 5.74) is 3.64. The fourth-order valence-corrected chi connectivity index (χ4v) is 3.47. The van der Waals surface area contributed by atoms with Crippen molar-refractivity contribution in [2.24, 2.45) is 5.92 Å². The van der Waals surface area contributed by atoms with Crippen LogP contribution in [0, 0.1) is 5.92 Å². The highest BCUT2D eigenvalue weighted by atomic mass is 16.5. The summed E-state index contributed by atoms with van der Waals surface area (Å²) < 4.78 is 7.61. The normalized spacial score (nSPS) is 21.3. The van der Waals surface area contributed by atoms with Crippen molar-refractivity contribution in [1.82, 2.24) is 24.9 Å². The van der Waals surface area contributed by atoms with Gasteiger partial charge in [0.25, 0.3) is 0 Å². The van der Waals surface area contributed by atoms with Crippen LogP contribution in [0.5, 0.6) is 0 Å². The zero-order chi connectivity index (χ0) is 15.6. The summed E-state index contributed by atoms with van der Waals surface area (Å²) >= 11 is 0. The van der Waals surface area contributed by atoms with Gasteiger partial charge in [-0.3, -0.25) is 9.88 Å². The molecule has 0 spiro atoms. The Morgan fingerprint density at radius 1 is 1.35 bits per heavy atom. The predicted octanol–water partition coefficient (Wildman–Crippen LogP) is 1.83. The number of hydrogen-bond acceptors (Lipinski definition) is 5. The summed E-state index contributed by atoms with van der Waals surface area (Å²) in [7, 11) is 1.77. The Bertz CT molecular complexity index is 652. The molecule has 4 rings (SSSR count). The second-order valence-corrected chi connectivity index (χ2v) is 6.73. The highest BCUT2D eigenvalue weighted by molar-refractivity contribution is 5.21. The van der Waals surface area contributed by atoms with Crippen LogP contribution in [0.4, 0.5) is 0 Å². The van der Waals surface area contributed by atoms with Crippen LogP contribution < -0.4 is 0 Å². The van der Waals surface area contributed by atoms with Gasteiger partial charge in [0.1, 0.15) is 5.69 Å². The molecule has 0 bridgehead atoms. The zero-order valence-electron chi connectivity index (χ0n) is 13.6. The smallest absolute Gasteiger partial charge is 0.100 e. The summed E-state index contributed by atoms with van der Waals surface area (Å²) in [5.74, 6) is 1.14. The van der Waals surface area contributed by atoms with Crippen LogP contribution >= 0.6 is 0 Å². The van der Waals surface area contributed by atoms with Gasteiger partial charge in [-0.1, -0.05) is 11.3 Å². The number of pyridine rings is 1. The van der Waals surface area contributed by atoms with Crippen LogP contribution in [-0.4, -0.2) is 45.1 Å². The largest absolute Gasteiger partial charge is 0.384 e. The molecule has 2 aromatic rings. The number of fused-ring (bicyclic) bond motifs is 1. The van der Waals surface area contributed by atoms with Crippen molar-refractivity contribution in [3.8, 4) is 0 Å². The van der Waals surface area contributed by atoms with E-state index in [1.165, 1.54) is 24.1 Å². The van der Waals surface area contributed by atoms with Crippen molar-refractivity contribution < 1.29 is 4.74 Å². The van der Waals surface area contributed by atoms with Crippen molar-refractivity contribution in [3.05, 3.63) is 41.5 Å². The van der Waals surface area contributed by atoms with Crippen LogP contribution in [0.3, 0.4) is 0 Å². The Kier molecular flexibility index (Phi) is 4.10. The van der Waals surface area contributed by atoms with Crippen molar-refractivity contribution in [3.63, 3.8) is 0 Å². The Balaban J connectivity index is 1.54. The number of ether oxygens (including phenoxy) is 1. The van der Waals surface area contributed by atoms with Crippen molar-refractivity contribution in [2.45, 2.75) is 38.4 Å². The number of nitrogens with zero attached hydrogens (tertiary/aromatic N) is 5. The van der Waals surface area contributed by atoms with Gasteiger partial charge in [-0.2, -0.15) is 0 Å². The van der Waals surface area contributed by atoms with Crippen LogP contribution in [0.2, 0.25) is 0 Å². The minimum absolute atomic E-state index is 0.342. The van der Waals surface area contributed by atoms with E-state index in [1.807, 2.05) is 18.5 Å². The van der Waals surface area contributed by atoms with Crippen LogP contribution in [0.25, 0.3) is 0 Å². The van der Waals surface area contributed by atoms with E-state index in [9.17, 15) is 0 Å². The van der Waals surface area contributed by atoms with Gasteiger partial charge in [0.2, 0.25) is 0 Å². The first-order valence-electron chi connectivity index (χ1n) is 8.36. The lowest BCUT2D eigenvalue weighted by Crippen LogP contribution is -2.36. The SMILES string of the molecule is COC[C@@H]1CN(Cc2cccnc2)Cc2nnn(CC3CC3)c21. The van der Waals surface area contributed by atoms with Gasteiger partial charge in [-0.05, 0) is 30.4 Å². The van der Waals surface area contributed by atoms with E-state index in [4.69, 9.17) is 4.74 Å². The minimum Gasteiger partial charge on any atom is -0.384 e. The van der Waals surface area contributed by atoms with Gasteiger partial charge in [-0.15, -0.1) is 5.10 Å². The molecule has 0 saturated heterocycles. The highest BCUT2D eigenvalue weighted by Gasteiger charge is 2.32. The average molecular weight is 313 g/mol. The molecule has 1 saturated carbocycles. The van der Waals surface area contributed by atoms with E-state index < -0.39 is 0 Å². The molecule has 0 radical (unpaired) electrons. The molecule has 2 aliphatic rings. The summed E-state index contributed by atoms with van der Waals surface area (Å²) in [6.07, 6.45) is 6.41. The Labute approximate surface area is 136 Å². The molecule has 1 atom stereocenters. The molecule has 1 aliphatic carbocycles. The second kappa shape index (κ2) is 6.37. The Morgan fingerprint density at radius 3 is 3.00 bits per heavy atom. The molecule has 1 fully saturated rings. The predicted molar refractivity (Wildman–Crippen MR) is 85.7 cm³/mol. The number of aromatic nitrogens is 4. The van der Waals surface area contributed by atoms with Crippen molar-refractivity contribution in [2.75, 3.05) is 20.3 Å². The average Bonchev–Trinajstić information content (AvgIpc) is 3.28. The van der Waals surface area contributed by atoms with Gasteiger partial charge in [0, 0.05) is 51.6 Å². The summed E-state index contributed by atoms with van der Waals surface area (Å²) in [5, 5.41) is 8.89. The lowest BCUT2D eigenvalue weighted by Gasteiger charge is -2.32. The molecule has 2 aromatic heterocycles. The molecule has 6 heteroatoms. The number of rotatable bonds is 6. The zero-order valence-corrected chi connectivity index (χ0v) is 13.6. The minimum atomic E-state index is 0.342. The summed E-state index contributed by atoms with van der Waals surface area (Å²) in [6.45, 7) is 4.46. The second-order valence-electron chi connectivity index (χ2n) is 6.73. The summed E-state index contributed by atoms with van der Waals surface area (Å²) in [6, 6.07) is 4.11. The molecule has 0 unspecified atom stereocenters. The lowest BCUT2D eigenvalue weighted by atomic mass is 9.98. The first-order chi connectivity index (χ1) is 11.3. The fraction of sp³-hybridized carbons (Fsp3) is 0.588. The maximum absolute atomic E-state index is 5.47. The third-order valence-electron chi connectivity index (χ3n) is 4.71. The monoisotopic (exact) mass is 313 g/mol. The van der Waals surface area contributed by atoms with Crippen molar-refractivity contribution in [1.29, 1.82) is 0 Å². The quantitative estimate of drug-likeness (QED) is 0.814. The molecule has 0 amide bonds. The van der Waals surface area contributed by atoms with Gasteiger partial charge < -0.3 is 4.74 Å². The topological polar surface area (TPSA) is 56.1 Å². The van der Waals surface area contributed by atoms with Gasteiger partial charge in [0.05, 0.1) is 12.3 Å². The first-order valence-corrected chi connectivity index (χ1v) is 8.36. The fourth-order valence-electron chi connectivity index (χ4n) is 3.47. The molecule has 1 aliphatic heterocycles. The highest BCUT2D eigenvalue weighted by Crippen LogP contribution is 2.34. The Morgan fingerprint density at radius 2 is 2.26 bits per heavy atom. The lowest BCUT2D eigenvalue weighted by molar-refractivity contribution is 0.131. The van der Waals surface area contributed by atoms with E-state index in [-0.39, 0.29) is 0 Å². The maximum atomic E-state index is 5.47. The molecule has 122 valence electrons.